The van der Waals surface area contributed by atoms with E-state index in [0.29, 0.717) is 30.3 Å². The van der Waals surface area contributed by atoms with Gasteiger partial charge in [-0.05, 0) is 6.54 Å². The molecule has 2 aromatic carbocycles. The van der Waals surface area contributed by atoms with Gasteiger partial charge in [0.05, 0.1) is 0 Å². The number of amides is 1. The molecule has 192 valence electrons. The van der Waals surface area contributed by atoms with Crippen molar-refractivity contribution in [3.8, 4) is 0 Å². The number of carbonyl (C=O) groups excluding carboxylic acids is 1. The van der Waals surface area contributed by atoms with Crippen LogP contribution in [0.1, 0.15) is 41.1 Å². The number of nitrogens with zero attached hydrogens (tertiary/aromatic N) is 2. The third-order valence-corrected chi connectivity index (χ3v) is 7.81. The summed E-state index contributed by atoms with van der Waals surface area (Å²) in [5, 5.41) is 5.70. The number of benzene rings is 2. The number of nitrogens with two attached hydrogens (primary N) is 1. The monoisotopic (exact) mass is 517 g/mol. The zero-order chi connectivity index (χ0) is 25.8. The summed E-state index contributed by atoms with van der Waals surface area (Å²) in [4.78, 5) is 19.7. The fourth-order valence-corrected chi connectivity index (χ4v) is 5.59. The van der Waals surface area contributed by atoms with Crippen molar-refractivity contribution in [2.45, 2.75) is 38.0 Å². The van der Waals surface area contributed by atoms with Crippen molar-refractivity contribution in [1.29, 1.82) is 0 Å². The van der Waals surface area contributed by atoms with Crippen LogP contribution in [0.15, 0.2) is 54.7 Å². The van der Waals surface area contributed by atoms with Crippen molar-refractivity contribution >= 4 is 30.4 Å². The summed E-state index contributed by atoms with van der Waals surface area (Å²) < 4.78 is 43.4. The quantitative estimate of drug-likeness (QED) is 0.349. The molecule has 1 aliphatic rings. The van der Waals surface area contributed by atoms with Gasteiger partial charge in [0.15, 0.2) is 0 Å². The van der Waals surface area contributed by atoms with Gasteiger partial charge in [0.25, 0.3) is 0 Å². The van der Waals surface area contributed by atoms with Crippen LogP contribution in [0.2, 0.25) is 0 Å². The minimum absolute atomic E-state index is 0.0368. The Morgan fingerprint density at radius 2 is 1.83 bits per heavy atom. The number of aryl methyl sites for hydroxylation is 2. The first-order chi connectivity index (χ1) is 17.1. The SMILES string of the molecule is CP(F)(F)(F)c1cnc(Nc2ccc(C3CCCNC3)cc2)nc1CCc1ccccc1CC(N)=O. The number of anilines is 2. The van der Waals surface area contributed by atoms with E-state index in [4.69, 9.17) is 5.73 Å². The van der Waals surface area contributed by atoms with Crippen LogP contribution >= 0.6 is 7.54 Å². The molecule has 1 fully saturated rings. The van der Waals surface area contributed by atoms with E-state index < -0.39 is 18.7 Å². The zero-order valence-electron chi connectivity index (χ0n) is 20.2. The number of hydrogen-bond donors (Lipinski definition) is 3. The van der Waals surface area contributed by atoms with Crippen molar-refractivity contribution in [2.75, 3.05) is 25.1 Å². The third kappa shape index (κ3) is 6.80. The van der Waals surface area contributed by atoms with Crippen molar-refractivity contribution < 1.29 is 17.4 Å². The first-order valence-electron chi connectivity index (χ1n) is 12.0. The standard InChI is InChI=1S/C26H31F3N5OP/c1-36(27,28,29)24-17-32-26(33-22-11-8-19(9-12-22)21-7-4-14-31-16-21)34-23(24)13-10-18-5-2-3-6-20(18)15-25(30)35/h2-3,5-6,8-9,11-12,17,21,31H,4,7,10,13-16H2,1H3,(H2,30,35)(H,32,33,34). The van der Waals surface area contributed by atoms with E-state index in [1.54, 1.807) is 24.3 Å². The number of aromatic nitrogens is 2. The number of rotatable bonds is 9. The van der Waals surface area contributed by atoms with Crippen molar-refractivity contribution in [1.82, 2.24) is 15.3 Å². The van der Waals surface area contributed by atoms with Gasteiger partial charge in [0, 0.05) is 0 Å². The van der Waals surface area contributed by atoms with Gasteiger partial charge < -0.3 is 0 Å². The van der Waals surface area contributed by atoms with Gasteiger partial charge in [-0.1, -0.05) is 0 Å². The molecule has 1 amide bonds. The molecule has 2 heterocycles. The number of piperidine rings is 1. The van der Waals surface area contributed by atoms with Crippen LogP contribution in [0.3, 0.4) is 0 Å². The first kappa shape index (κ1) is 26.0. The van der Waals surface area contributed by atoms with Gasteiger partial charge in [0.1, 0.15) is 0 Å². The summed E-state index contributed by atoms with van der Waals surface area (Å²) in [6.45, 7) is 2.32. The Hall–Kier alpha value is -3.03. The Balaban J connectivity index is 1.55. The fourth-order valence-electron chi connectivity index (χ4n) is 4.57. The molecular weight excluding hydrogens is 486 g/mol. The molecule has 3 aromatic rings. The second-order valence-electron chi connectivity index (χ2n) is 9.40. The molecule has 0 saturated carbocycles. The van der Waals surface area contributed by atoms with E-state index in [1.165, 1.54) is 5.56 Å². The normalized spacial score (nSPS) is 17.2. The maximum atomic E-state index is 14.5. The molecule has 36 heavy (non-hydrogen) atoms. The Labute approximate surface area is 209 Å². The molecule has 0 radical (unpaired) electrons. The molecule has 10 heteroatoms. The van der Waals surface area contributed by atoms with Gasteiger partial charge in [-0.2, -0.15) is 0 Å². The molecule has 1 aromatic heterocycles. The number of hydrogen-bond acceptors (Lipinski definition) is 5. The number of primary amides is 1. The number of nitrogens with one attached hydrogen (secondary N) is 2. The number of carbonyl (C=O) groups is 1. The van der Waals surface area contributed by atoms with Crippen LogP contribution in [-0.4, -0.2) is 35.6 Å². The number of halogens is 3. The molecule has 4 rings (SSSR count). The Bertz CT molecular complexity index is 1210. The average Bonchev–Trinajstić information content (AvgIpc) is 2.83. The molecule has 1 aliphatic heterocycles. The topological polar surface area (TPSA) is 92.9 Å². The summed E-state index contributed by atoms with van der Waals surface area (Å²) in [6.07, 6.45) is 3.55. The molecule has 1 saturated heterocycles. The predicted molar refractivity (Wildman–Crippen MR) is 139 cm³/mol. The molecule has 0 aliphatic carbocycles. The van der Waals surface area contributed by atoms with Crippen molar-refractivity contribution in [2.24, 2.45) is 5.73 Å². The molecule has 0 spiro atoms. The van der Waals surface area contributed by atoms with Crippen LogP contribution in [0.5, 0.6) is 0 Å². The van der Waals surface area contributed by atoms with E-state index in [1.807, 2.05) is 24.3 Å². The maximum absolute atomic E-state index is 14.5. The average molecular weight is 518 g/mol. The first-order valence-corrected chi connectivity index (χ1v) is 14.4. The van der Waals surface area contributed by atoms with Crippen LogP contribution in [-0.2, 0) is 24.1 Å². The zero-order valence-corrected chi connectivity index (χ0v) is 21.1. The summed E-state index contributed by atoms with van der Waals surface area (Å²) in [5.41, 5.74) is 8.70. The molecule has 1 unspecified atom stereocenters. The second kappa shape index (κ2) is 10.5. The molecule has 6 nitrogen and oxygen atoms in total. The third-order valence-electron chi connectivity index (χ3n) is 6.41. The van der Waals surface area contributed by atoms with Crippen LogP contribution < -0.4 is 21.7 Å². The van der Waals surface area contributed by atoms with E-state index in [-0.39, 0.29) is 24.5 Å². The van der Waals surface area contributed by atoms with Gasteiger partial charge in [-0.15, -0.1) is 0 Å². The molecular formula is C26H31F3N5OP. The molecule has 0 bridgehead atoms. The van der Waals surface area contributed by atoms with Crippen LogP contribution in [0.4, 0.5) is 24.2 Å². The summed E-state index contributed by atoms with van der Waals surface area (Å²) >= 11 is 0. The predicted octanol–water partition coefficient (Wildman–Crippen LogP) is 4.96. The van der Waals surface area contributed by atoms with Crippen LogP contribution in [0.25, 0.3) is 0 Å². The summed E-state index contributed by atoms with van der Waals surface area (Å²) in [5.74, 6) is 0.0911. The van der Waals surface area contributed by atoms with Gasteiger partial charge in [0.2, 0.25) is 0 Å². The Kier molecular flexibility index (Phi) is 7.62. The molecule has 1 atom stereocenters. The van der Waals surface area contributed by atoms with Gasteiger partial charge >= 0.3 is 202 Å². The fraction of sp³-hybridized carbons (Fsp3) is 0.346. The molecule has 4 N–H and O–H groups in total. The van der Waals surface area contributed by atoms with Crippen LogP contribution in [0, 0.1) is 0 Å². The minimum atomic E-state index is -6.61. The Morgan fingerprint density at radius 3 is 2.47 bits per heavy atom. The van der Waals surface area contributed by atoms with E-state index in [0.717, 1.165) is 37.7 Å². The van der Waals surface area contributed by atoms with E-state index >= 15 is 0 Å². The Morgan fingerprint density at radius 1 is 1.11 bits per heavy atom. The van der Waals surface area contributed by atoms with E-state index in [9.17, 15) is 17.4 Å². The van der Waals surface area contributed by atoms with E-state index in [2.05, 4.69) is 20.6 Å². The second-order valence-corrected chi connectivity index (χ2v) is 12.2. The van der Waals surface area contributed by atoms with Crippen molar-refractivity contribution in [3.63, 3.8) is 0 Å². The summed E-state index contributed by atoms with van der Waals surface area (Å²) in [6, 6.07) is 15.0. The van der Waals surface area contributed by atoms with Crippen molar-refractivity contribution in [3.05, 3.63) is 77.1 Å². The van der Waals surface area contributed by atoms with Gasteiger partial charge in [-0.25, -0.2) is 0 Å². The summed E-state index contributed by atoms with van der Waals surface area (Å²) in [7, 11) is -6.61. The van der Waals surface area contributed by atoms with Gasteiger partial charge in [-0.3, -0.25) is 0 Å².